The maximum absolute atomic E-state index is 14.0. The fourth-order valence-corrected chi connectivity index (χ4v) is 2.72. The molecular weight excluding hydrogens is 270 g/mol. The monoisotopic (exact) mass is 286 g/mol. The van der Waals surface area contributed by atoms with Gasteiger partial charge in [0.1, 0.15) is 11.3 Å². The highest BCUT2D eigenvalue weighted by molar-refractivity contribution is 6.16. The van der Waals surface area contributed by atoms with Crippen LogP contribution in [0.25, 0.3) is 11.0 Å². The van der Waals surface area contributed by atoms with Crippen molar-refractivity contribution in [3.63, 3.8) is 0 Å². The molecular formula is C14H17ClF2N2. The van der Waals surface area contributed by atoms with Gasteiger partial charge in [-0.2, -0.15) is 0 Å². The molecule has 2 rings (SSSR count). The van der Waals surface area contributed by atoms with Crippen LogP contribution in [0.1, 0.15) is 39.1 Å². The number of rotatable bonds is 4. The Kier molecular flexibility index (Phi) is 4.09. The van der Waals surface area contributed by atoms with E-state index in [0.717, 1.165) is 12.5 Å². The van der Waals surface area contributed by atoms with Crippen molar-refractivity contribution in [2.75, 3.05) is 0 Å². The summed E-state index contributed by atoms with van der Waals surface area (Å²) < 4.78 is 29.2. The van der Waals surface area contributed by atoms with Gasteiger partial charge in [0, 0.05) is 6.04 Å². The average molecular weight is 287 g/mol. The van der Waals surface area contributed by atoms with Crippen LogP contribution in [0.15, 0.2) is 12.1 Å². The lowest BCUT2D eigenvalue weighted by atomic mass is 10.0. The lowest BCUT2D eigenvalue weighted by Gasteiger charge is -2.19. The fraction of sp³-hybridized carbons (Fsp3) is 0.500. The average Bonchev–Trinajstić information content (AvgIpc) is 2.72. The van der Waals surface area contributed by atoms with Gasteiger partial charge in [0.2, 0.25) is 0 Å². The fourth-order valence-electron chi connectivity index (χ4n) is 2.53. The second kappa shape index (κ2) is 5.45. The summed E-state index contributed by atoms with van der Waals surface area (Å²) in [4.78, 5) is 4.29. The molecule has 1 aromatic heterocycles. The summed E-state index contributed by atoms with van der Waals surface area (Å²) in [5.41, 5.74) is 0.661. The molecule has 0 radical (unpaired) electrons. The summed E-state index contributed by atoms with van der Waals surface area (Å²) in [7, 11) is 0. The number of aromatic nitrogens is 2. The number of halogens is 3. The van der Waals surface area contributed by atoms with Gasteiger partial charge in [-0.15, -0.1) is 11.6 Å². The van der Waals surface area contributed by atoms with Gasteiger partial charge in [-0.1, -0.05) is 13.8 Å². The minimum Gasteiger partial charge on any atom is -0.322 e. The smallest absolute Gasteiger partial charge is 0.184 e. The second-order valence-electron chi connectivity index (χ2n) is 5.24. The molecule has 1 aromatic carbocycles. The topological polar surface area (TPSA) is 17.8 Å². The first-order chi connectivity index (χ1) is 8.95. The van der Waals surface area contributed by atoms with E-state index in [9.17, 15) is 8.78 Å². The third-order valence-corrected chi connectivity index (χ3v) is 3.43. The Hall–Kier alpha value is -1.16. The lowest BCUT2D eigenvalue weighted by molar-refractivity contribution is 0.422. The van der Waals surface area contributed by atoms with Crippen LogP contribution < -0.4 is 0 Å². The minimum atomic E-state index is -0.855. The van der Waals surface area contributed by atoms with Crippen molar-refractivity contribution < 1.29 is 8.78 Å². The van der Waals surface area contributed by atoms with Crippen LogP contribution in [-0.4, -0.2) is 9.55 Å². The summed E-state index contributed by atoms with van der Waals surface area (Å²) in [5.74, 6) is -0.497. The first-order valence-electron chi connectivity index (χ1n) is 6.36. The maximum atomic E-state index is 14.0. The van der Waals surface area contributed by atoms with E-state index in [-0.39, 0.29) is 17.4 Å². The van der Waals surface area contributed by atoms with Crippen molar-refractivity contribution in [1.82, 2.24) is 9.55 Å². The van der Waals surface area contributed by atoms with E-state index in [0.29, 0.717) is 17.3 Å². The van der Waals surface area contributed by atoms with Gasteiger partial charge in [-0.05, 0) is 31.4 Å². The number of hydrogen-bond donors (Lipinski definition) is 0. The quantitative estimate of drug-likeness (QED) is 0.748. The Labute approximate surface area is 116 Å². The number of nitrogens with zero attached hydrogens (tertiary/aromatic N) is 2. The van der Waals surface area contributed by atoms with E-state index in [1.165, 1.54) is 6.07 Å². The molecule has 2 nitrogen and oxygen atoms in total. The highest BCUT2D eigenvalue weighted by atomic mass is 35.5. The molecule has 0 spiro atoms. The Morgan fingerprint density at radius 1 is 1.26 bits per heavy atom. The normalized spacial score (nSPS) is 13.4. The largest absolute Gasteiger partial charge is 0.322 e. The van der Waals surface area contributed by atoms with Crippen molar-refractivity contribution in [2.24, 2.45) is 5.92 Å². The molecule has 0 N–H and O–H groups in total. The second-order valence-corrected chi connectivity index (χ2v) is 5.51. The molecule has 1 atom stereocenters. The highest BCUT2D eigenvalue weighted by Crippen LogP contribution is 2.29. The summed E-state index contributed by atoms with van der Waals surface area (Å²) in [6.45, 7) is 6.15. The molecule has 0 saturated carbocycles. The molecule has 104 valence electrons. The molecule has 19 heavy (non-hydrogen) atoms. The number of fused-ring (bicyclic) bond motifs is 1. The first kappa shape index (κ1) is 14.3. The van der Waals surface area contributed by atoms with Crippen LogP contribution in [0.2, 0.25) is 0 Å². The molecule has 0 aliphatic heterocycles. The zero-order valence-corrected chi connectivity index (χ0v) is 12.0. The highest BCUT2D eigenvalue weighted by Gasteiger charge is 2.20. The van der Waals surface area contributed by atoms with Crippen LogP contribution in [-0.2, 0) is 5.88 Å². The lowest BCUT2D eigenvalue weighted by Crippen LogP contribution is -2.12. The van der Waals surface area contributed by atoms with Crippen molar-refractivity contribution in [3.05, 3.63) is 29.6 Å². The van der Waals surface area contributed by atoms with Gasteiger partial charge in [0.25, 0.3) is 0 Å². The molecule has 1 unspecified atom stereocenters. The summed E-state index contributed by atoms with van der Waals surface area (Å²) in [6, 6.07) is 2.61. The molecule has 5 heteroatoms. The van der Waals surface area contributed by atoms with Crippen LogP contribution in [0.4, 0.5) is 8.78 Å². The number of alkyl halides is 1. The van der Waals surface area contributed by atoms with E-state index >= 15 is 0 Å². The Bertz CT molecular complexity index is 593. The molecule has 0 aliphatic rings. The van der Waals surface area contributed by atoms with Gasteiger partial charge in [0.15, 0.2) is 11.6 Å². The van der Waals surface area contributed by atoms with E-state index < -0.39 is 11.6 Å². The Morgan fingerprint density at radius 2 is 1.95 bits per heavy atom. The van der Waals surface area contributed by atoms with Gasteiger partial charge in [0.05, 0.1) is 11.4 Å². The van der Waals surface area contributed by atoms with Gasteiger partial charge in [-0.25, -0.2) is 13.8 Å². The Morgan fingerprint density at radius 3 is 2.53 bits per heavy atom. The van der Waals surface area contributed by atoms with Crippen LogP contribution in [0.3, 0.4) is 0 Å². The van der Waals surface area contributed by atoms with Crippen molar-refractivity contribution in [1.29, 1.82) is 0 Å². The van der Waals surface area contributed by atoms with E-state index in [2.05, 4.69) is 18.8 Å². The predicted octanol–water partition coefficient (Wildman–Crippen LogP) is 4.66. The molecule has 0 amide bonds. The third-order valence-electron chi connectivity index (χ3n) is 3.19. The molecule has 1 heterocycles. The molecule has 0 fully saturated rings. The first-order valence-corrected chi connectivity index (χ1v) is 6.90. The molecule has 0 bridgehead atoms. The minimum absolute atomic E-state index is 0.0232. The van der Waals surface area contributed by atoms with Gasteiger partial charge >= 0.3 is 0 Å². The number of hydrogen-bond acceptors (Lipinski definition) is 1. The zero-order valence-electron chi connectivity index (χ0n) is 11.3. The van der Waals surface area contributed by atoms with Crippen LogP contribution in [0.5, 0.6) is 0 Å². The van der Waals surface area contributed by atoms with Gasteiger partial charge < -0.3 is 4.57 Å². The van der Waals surface area contributed by atoms with E-state index in [1.807, 2.05) is 6.92 Å². The SMILES string of the molecule is CC(C)CC(C)n1c(CCl)nc2ccc(F)c(F)c21. The molecule has 2 aromatic rings. The van der Waals surface area contributed by atoms with E-state index in [1.54, 1.807) is 4.57 Å². The number of imidazole rings is 1. The summed E-state index contributed by atoms with van der Waals surface area (Å²) in [5, 5.41) is 0. The summed E-state index contributed by atoms with van der Waals surface area (Å²) >= 11 is 5.88. The number of benzene rings is 1. The third kappa shape index (κ3) is 2.59. The van der Waals surface area contributed by atoms with Crippen molar-refractivity contribution in [3.8, 4) is 0 Å². The molecule has 0 saturated heterocycles. The predicted molar refractivity (Wildman–Crippen MR) is 73.4 cm³/mol. The zero-order chi connectivity index (χ0) is 14.2. The standard InChI is InChI=1S/C14H17ClF2N2/c1-8(2)6-9(3)19-12(7-15)18-11-5-4-10(16)13(17)14(11)19/h4-5,8-9H,6-7H2,1-3H3. The summed E-state index contributed by atoms with van der Waals surface area (Å²) in [6.07, 6.45) is 0.852. The van der Waals surface area contributed by atoms with Crippen LogP contribution in [0, 0.1) is 17.6 Å². The van der Waals surface area contributed by atoms with Crippen LogP contribution >= 0.6 is 11.6 Å². The van der Waals surface area contributed by atoms with E-state index in [4.69, 9.17) is 11.6 Å². The van der Waals surface area contributed by atoms with Crippen molar-refractivity contribution >= 4 is 22.6 Å². The molecule has 0 aliphatic carbocycles. The van der Waals surface area contributed by atoms with Gasteiger partial charge in [-0.3, -0.25) is 0 Å². The Balaban J connectivity index is 2.65. The maximum Gasteiger partial charge on any atom is 0.184 e. The van der Waals surface area contributed by atoms with Crippen molar-refractivity contribution in [2.45, 2.75) is 39.1 Å².